The van der Waals surface area contributed by atoms with E-state index in [0.29, 0.717) is 17.4 Å². The van der Waals surface area contributed by atoms with Crippen LogP contribution in [0.2, 0.25) is 0 Å². The summed E-state index contributed by atoms with van der Waals surface area (Å²) >= 11 is 3.36. The van der Waals surface area contributed by atoms with Crippen molar-refractivity contribution in [1.82, 2.24) is 15.1 Å². The van der Waals surface area contributed by atoms with E-state index in [1.165, 1.54) is 0 Å². The number of aromatic nitrogens is 3. The second kappa shape index (κ2) is 5.88. The molecule has 1 aromatic carbocycles. The van der Waals surface area contributed by atoms with Crippen molar-refractivity contribution in [3.63, 3.8) is 0 Å². The number of nitrogens with zero attached hydrogens (tertiary/aromatic N) is 3. The molecule has 6 heteroatoms. The molecule has 0 aliphatic heterocycles. The minimum Gasteiger partial charge on any atom is -0.399 e. The molecule has 0 aliphatic carbocycles. The molecule has 0 saturated heterocycles. The average Bonchev–Trinajstić information content (AvgIpc) is 2.94. The zero-order valence-electron chi connectivity index (χ0n) is 10.9. The van der Waals surface area contributed by atoms with Crippen molar-refractivity contribution in [2.75, 3.05) is 5.73 Å². The van der Waals surface area contributed by atoms with Gasteiger partial charge in [0.2, 0.25) is 5.82 Å². The van der Waals surface area contributed by atoms with Gasteiger partial charge in [-0.05, 0) is 45.8 Å². The maximum atomic E-state index is 5.73. The van der Waals surface area contributed by atoms with E-state index in [2.05, 4.69) is 31.1 Å². The lowest BCUT2D eigenvalue weighted by Gasteiger charge is -1.94. The molecular weight excluding hydrogens is 332 g/mol. The van der Waals surface area contributed by atoms with Crippen molar-refractivity contribution in [1.29, 1.82) is 0 Å². The lowest BCUT2D eigenvalue weighted by atomic mass is 10.2. The van der Waals surface area contributed by atoms with E-state index in [-0.39, 0.29) is 0 Å². The number of hydrogen-bond acceptors (Lipinski definition) is 5. The van der Waals surface area contributed by atoms with Crippen LogP contribution in [-0.2, 0) is 0 Å². The van der Waals surface area contributed by atoms with E-state index in [4.69, 9.17) is 10.3 Å². The van der Waals surface area contributed by atoms with Crippen LogP contribution in [0.4, 0.5) is 5.69 Å². The number of pyridine rings is 1. The van der Waals surface area contributed by atoms with Gasteiger partial charge in [0.15, 0.2) is 0 Å². The number of nitrogens with two attached hydrogens (primary N) is 1. The van der Waals surface area contributed by atoms with Gasteiger partial charge in [0.25, 0.3) is 5.89 Å². The number of halogens is 1. The predicted octanol–water partition coefficient (Wildman–Crippen LogP) is 3.65. The van der Waals surface area contributed by atoms with Crippen molar-refractivity contribution < 1.29 is 4.52 Å². The van der Waals surface area contributed by atoms with Crippen molar-refractivity contribution in [2.45, 2.75) is 0 Å². The van der Waals surface area contributed by atoms with E-state index < -0.39 is 0 Å². The molecule has 3 rings (SSSR count). The Morgan fingerprint density at radius 1 is 1.14 bits per heavy atom. The molecule has 0 atom stereocenters. The van der Waals surface area contributed by atoms with Gasteiger partial charge in [-0.1, -0.05) is 17.3 Å². The normalized spacial score (nSPS) is 11.1. The molecule has 3 aromatic rings. The maximum Gasteiger partial charge on any atom is 0.250 e. The van der Waals surface area contributed by atoms with Gasteiger partial charge >= 0.3 is 0 Å². The summed E-state index contributed by atoms with van der Waals surface area (Å²) in [5.41, 5.74) is 8.20. The molecule has 0 saturated carbocycles. The average molecular weight is 343 g/mol. The molecule has 0 radical (unpaired) electrons. The topological polar surface area (TPSA) is 77.8 Å². The minimum absolute atomic E-state index is 0.424. The Morgan fingerprint density at radius 2 is 2.05 bits per heavy atom. The predicted molar refractivity (Wildman–Crippen MR) is 85.0 cm³/mol. The molecule has 0 aliphatic rings. The number of hydrogen-bond donors (Lipinski definition) is 1. The van der Waals surface area contributed by atoms with E-state index in [1.54, 1.807) is 18.5 Å². The third-order valence-corrected chi connectivity index (χ3v) is 3.17. The highest BCUT2D eigenvalue weighted by molar-refractivity contribution is 9.10. The number of nitrogen functional groups attached to an aromatic ring is 1. The fourth-order valence-electron chi connectivity index (χ4n) is 1.78. The highest BCUT2D eigenvalue weighted by Crippen LogP contribution is 2.19. The summed E-state index contributed by atoms with van der Waals surface area (Å²) in [7, 11) is 0. The molecular formula is C15H11BrN4O. The molecule has 21 heavy (non-hydrogen) atoms. The van der Waals surface area contributed by atoms with Gasteiger partial charge in [-0.15, -0.1) is 0 Å². The standard InChI is InChI=1S/C15H11BrN4O/c16-12-7-11(8-18-9-12)15-19-14(21-20-15)5-4-10-2-1-3-13(17)6-10/h1-9H,17H2/b5-4+. The Labute approximate surface area is 129 Å². The third-order valence-electron chi connectivity index (χ3n) is 2.73. The van der Waals surface area contributed by atoms with Crippen LogP contribution in [0.15, 0.2) is 51.7 Å². The number of rotatable bonds is 3. The van der Waals surface area contributed by atoms with Gasteiger partial charge in [0, 0.05) is 34.2 Å². The molecule has 2 N–H and O–H groups in total. The Bertz CT molecular complexity index is 798. The molecule has 2 heterocycles. The third kappa shape index (κ3) is 3.35. The summed E-state index contributed by atoms with van der Waals surface area (Å²) < 4.78 is 6.05. The summed E-state index contributed by atoms with van der Waals surface area (Å²) in [5.74, 6) is 0.920. The lowest BCUT2D eigenvalue weighted by Crippen LogP contribution is -1.84. The largest absolute Gasteiger partial charge is 0.399 e. The Balaban J connectivity index is 1.82. The van der Waals surface area contributed by atoms with Crippen molar-refractivity contribution in [3.05, 3.63) is 58.7 Å². The Hall–Kier alpha value is -2.47. The van der Waals surface area contributed by atoms with Crippen LogP contribution in [0.1, 0.15) is 11.5 Å². The van der Waals surface area contributed by atoms with Crippen LogP contribution < -0.4 is 5.73 Å². The SMILES string of the molecule is Nc1cccc(/C=C/c2nc(-c3cncc(Br)c3)no2)c1. The Kier molecular flexibility index (Phi) is 3.79. The van der Waals surface area contributed by atoms with Crippen molar-refractivity contribution >= 4 is 33.8 Å². The minimum atomic E-state index is 0.424. The summed E-state index contributed by atoms with van der Waals surface area (Å²) in [6.07, 6.45) is 6.99. The first kappa shape index (κ1) is 13.5. The monoisotopic (exact) mass is 342 g/mol. The van der Waals surface area contributed by atoms with Crippen molar-refractivity contribution in [2.24, 2.45) is 0 Å². The summed E-state index contributed by atoms with van der Waals surface area (Å²) in [6, 6.07) is 9.42. The fraction of sp³-hybridized carbons (Fsp3) is 0. The number of benzene rings is 1. The van der Waals surface area contributed by atoms with Gasteiger partial charge in [0.1, 0.15) is 0 Å². The van der Waals surface area contributed by atoms with Gasteiger partial charge in [-0.25, -0.2) is 0 Å². The smallest absolute Gasteiger partial charge is 0.250 e. The molecule has 2 aromatic heterocycles. The molecule has 0 amide bonds. The highest BCUT2D eigenvalue weighted by Gasteiger charge is 2.07. The molecule has 0 fully saturated rings. The van der Waals surface area contributed by atoms with Crippen LogP contribution in [0, 0.1) is 0 Å². The number of anilines is 1. The summed E-state index contributed by atoms with van der Waals surface area (Å²) in [5, 5.41) is 3.93. The zero-order chi connectivity index (χ0) is 14.7. The first-order valence-electron chi connectivity index (χ1n) is 6.19. The summed E-state index contributed by atoms with van der Waals surface area (Å²) in [4.78, 5) is 8.38. The van der Waals surface area contributed by atoms with E-state index in [0.717, 1.165) is 15.6 Å². The quantitative estimate of drug-likeness (QED) is 0.735. The first-order chi connectivity index (χ1) is 10.2. The van der Waals surface area contributed by atoms with Crippen LogP contribution in [-0.4, -0.2) is 15.1 Å². The van der Waals surface area contributed by atoms with Gasteiger partial charge in [-0.2, -0.15) is 4.98 Å². The second-order valence-electron chi connectivity index (χ2n) is 4.35. The van der Waals surface area contributed by atoms with Crippen LogP contribution in [0.3, 0.4) is 0 Å². The summed E-state index contributed by atoms with van der Waals surface area (Å²) in [6.45, 7) is 0. The van der Waals surface area contributed by atoms with Gasteiger partial charge in [0.05, 0.1) is 0 Å². The van der Waals surface area contributed by atoms with Crippen LogP contribution in [0.25, 0.3) is 23.5 Å². The van der Waals surface area contributed by atoms with E-state index in [1.807, 2.05) is 36.4 Å². The van der Waals surface area contributed by atoms with E-state index in [9.17, 15) is 0 Å². The fourth-order valence-corrected chi connectivity index (χ4v) is 2.15. The molecule has 0 unspecified atom stereocenters. The lowest BCUT2D eigenvalue weighted by molar-refractivity contribution is 0.411. The maximum absolute atomic E-state index is 5.73. The molecule has 0 spiro atoms. The van der Waals surface area contributed by atoms with Gasteiger partial charge < -0.3 is 10.3 Å². The van der Waals surface area contributed by atoms with E-state index >= 15 is 0 Å². The molecule has 104 valence electrons. The van der Waals surface area contributed by atoms with Gasteiger partial charge in [-0.3, -0.25) is 4.98 Å². The van der Waals surface area contributed by atoms with Crippen LogP contribution >= 0.6 is 15.9 Å². The highest BCUT2D eigenvalue weighted by atomic mass is 79.9. The first-order valence-corrected chi connectivity index (χ1v) is 6.98. The second-order valence-corrected chi connectivity index (χ2v) is 5.27. The van der Waals surface area contributed by atoms with Crippen molar-refractivity contribution in [3.8, 4) is 11.4 Å². The molecule has 5 nitrogen and oxygen atoms in total. The zero-order valence-corrected chi connectivity index (χ0v) is 12.5. The molecule has 0 bridgehead atoms. The Morgan fingerprint density at radius 3 is 2.86 bits per heavy atom. The van der Waals surface area contributed by atoms with Crippen LogP contribution in [0.5, 0.6) is 0 Å².